The van der Waals surface area contributed by atoms with E-state index in [2.05, 4.69) is 16.5 Å². The van der Waals surface area contributed by atoms with Crippen molar-refractivity contribution < 1.29 is 19.1 Å². The van der Waals surface area contributed by atoms with Crippen LogP contribution in [0.25, 0.3) is 0 Å². The van der Waals surface area contributed by atoms with Gasteiger partial charge >= 0.3 is 0 Å². The van der Waals surface area contributed by atoms with Gasteiger partial charge in [0.2, 0.25) is 11.8 Å². The van der Waals surface area contributed by atoms with Gasteiger partial charge in [-0.25, -0.2) is 0 Å². The lowest BCUT2D eigenvalue weighted by atomic mass is 9.76. The molecule has 9 nitrogen and oxygen atoms in total. The number of hydrazone groups is 1. The first-order valence-corrected chi connectivity index (χ1v) is 8.48. The largest absolute Gasteiger partial charge is 0.369 e. The molecule has 1 unspecified atom stereocenters. The second kappa shape index (κ2) is 6.61. The van der Waals surface area contributed by atoms with Crippen LogP contribution in [0, 0.1) is 17.2 Å². The maximum atomic E-state index is 11.7. The predicted octanol–water partition coefficient (Wildman–Crippen LogP) is -0.177. The third-order valence-corrected chi connectivity index (χ3v) is 5.27. The standard InChI is InChI=1S/C16H23N5O4/c1-11(22)19-14-12(13(18)23)10-21(20-14)15(6-7-17)2-4-16(5-3-15)24-8-9-25-16/h12H,2-6,8-10H2,1H3,(H2,18,23)(H,19,20,22). The Morgan fingerprint density at radius 3 is 2.52 bits per heavy atom. The van der Waals surface area contributed by atoms with Crippen LogP contribution in [0.2, 0.25) is 0 Å². The lowest BCUT2D eigenvalue weighted by Gasteiger charge is -2.46. The van der Waals surface area contributed by atoms with Crippen molar-refractivity contribution >= 4 is 17.6 Å². The fraction of sp³-hybridized carbons (Fsp3) is 0.750. The molecule has 2 aliphatic heterocycles. The van der Waals surface area contributed by atoms with Crippen LogP contribution in [-0.2, 0) is 19.1 Å². The summed E-state index contributed by atoms with van der Waals surface area (Å²) in [5.41, 5.74) is 4.95. The number of nitrogens with one attached hydrogen (secondary N) is 1. The van der Waals surface area contributed by atoms with Crippen molar-refractivity contribution in [1.82, 2.24) is 10.3 Å². The van der Waals surface area contributed by atoms with E-state index in [0.717, 1.165) is 0 Å². The number of rotatable bonds is 3. The van der Waals surface area contributed by atoms with Gasteiger partial charge in [-0.05, 0) is 12.8 Å². The Balaban J connectivity index is 1.81. The van der Waals surface area contributed by atoms with Crippen LogP contribution in [0.3, 0.4) is 0 Å². The molecule has 0 aromatic carbocycles. The highest BCUT2D eigenvalue weighted by Crippen LogP contribution is 2.45. The third kappa shape index (κ3) is 3.32. The number of amidine groups is 1. The number of amides is 2. The molecule has 1 saturated carbocycles. The van der Waals surface area contributed by atoms with Crippen molar-refractivity contribution in [3.05, 3.63) is 0 Å². The number of carbonyl (C=O) groups is 2. The van der Waals surface area contributed by atoms with E-state index in [1.165, 1.54) is 6.92 Å². The van der Waals surface area contributed by atoms with Crippen LogP contribution in [-0.4, -0.2) is 53.7 Å². The van der Waals surface area contributed by atoms with E-state index >= 15 is 0 Å². The molecular formula is C16H23N5O4. The number of primary amides is 1. The summed E-state index contributed by atoms with van der Waals surface area (Å²) < 4.78 is 11.5. The normalized spacial score (nSPS) is 27.0. The molecule has 1 spiro atoms. The minimum Gasteiger partial charge on any atom is -0.369 e. The van der Waals surface area contributed by atoms with E-state index in [1.807, 2.05) is 0 Å². The van der Waals surface area contributed by atoms with Crippen LogP contribution in [0.15, 0.2) is 5.10 Å². The van der Waals surface area contributed by atoms with Crippen molar-refractivity contribution in [1.29, 1.82) is 5.26 Å². The third-order valence-electron chi connectivity index (χ3n) is 5.27. The van der Waals surface area contributed by atoms with E-state index < -0.39 is 23.2 Å². The second-order valence-corrected chi connectivity index (χ2v) is 6.87. The van der Waals surface area contributed by atoms with Gasteiger partial charge in [0.1, 0.15) is 11.8 Å². The van der Waals surface area contributed by atoms with Gasteiger partial charge in [0.15, 0.2) is 5.79 Å². The van der Waals surface area contributed by atoms with Gasteiger partial charge in [0.25, 0.3) is 0 Å². The van der Waals surface area contributed by atoms with E-state index in [4.69, 9.17) is 15.2 Å². The summed E-state index contributed by atoms with van der Waals surface area (Å²) in [5, 5.41) is 18.1. The number of nitrogens with zero attached hydrogens (tertiary/aromatic N) is 3. The van der Waals surface area contributed by atoms with Gasteiger partial charge in [-0.1, -0.05) is 0 Å². The smallest absolute Gasteiger partial charge is 0.230 e. The zero-order valence-corrected chi connectivity index (χ0v) is 14.3. The number of carbonyl (C=O) groups excluding carboxylic acids is 2. The lowest BCUT2D eigenvalue weighted by Crippen LogP contribution is -2.52. The van der Waals surface area contributed by atoms with E-state index in [9.17, 15) is 14.9 Å². The average molecular weight is 349 g/mol. The average Bonchev–Trinajstić information content (AvgIpc) is 3.18. The number of nitrogens with two attached hydrogens (primary N) is 1. The van der Waals surface area contributed by atoms with Crippen molar-refractivity contribution in [2.45, 2.75) is 50.4 Å². The Labute approximate surface area is 146 Å². The van der Waals surface area contributed by atoms with E-state index in [-0.39, 0.29) is 24.7 Å². The van der Waals surface area contributed by atoms with Crippen LogP contribution in [0.5, 0.6) is 0 Å². The molecule has 0 radical (unpaired) electrons. The van der Waals surface area contributed by atoms with Gasteiger partial charge in [0, 0.05) is 19.8 Å². The fourth-order valence-corrected chi connectivity index (χ4v) is 3.87. The van der Waals surface area contributed by atoms with Gasteiger partial charge in [-0.15, -0.1) is 0 Å². The summed E-state index contributed by atoms with van der Waals surface area (Å²) >= 11 is 0. The molecule has 1 saturated heterocycles. The minimum atomic E-state index is -0.686. The maximum Gasteiger partial charge on any atom is 0.230 e. The first-order valence-electron chi connectivity index (χ1n) is 8.48. The van der Waals surface area contributed by atoms with Crippen LogP contribution >= 0.6 is 0 Å². The Hall–Kier alpha value is -2.18. The monoisotopic (exact) mass is 349 g/mol. The number of hydrogen-bond acceptors (Lipinski definition) is 7. The van der Waals surface area contributed by atoms with Gasteiger partial charge in [-0.2, -0.15) is 10.4 Å². The van der Waals surface area contributed by atoms with Crippen molar-refractivity contribution in [3.8, 4) is 6.07 Å². The summed E-state index contributed by atoms with van der Waals surface area (Å²) in [4.78, 5) is 23.1. The van der Waals surface area contributed by atoms with E-state index in [0.29, 0.717) is 38.9 Å². The van der Waals surface area contributed by atoms with Crippen LogP contribution < -0.4 is 11.1 Å². The highest BCUT2D eigenvalue weighted by atomic mass is 16.7. The molecule has 25 heavy (non-hydrogen) atoms. The SMILES string of the molecule is CC(=O)NC1=NN(C2(CC#N)CCC3(CC2)OCCO3)CC1C(N)=O. The Bertz CT molecular complexity index is 625. The highest BCUT2D eigenvalue weighted by Gasteiger charge is 2.51. The van der Waals surface area contributed by atoms with Gasteiger partial charge in [-0.3, -0.25) is 14.6 Å². The summed E-state index contributed by atoms with van der Waals surface area (Å²) in [6, 6.07) is 2.24. The molecule has 1 atom stereocenters. The molecule has 0 aromatic rings. The topological polar surface area (TPSA) is 130 Å². The zero-order valence-electron chi connectivity index (χ0n) is 14.3. The summed E-state index contributed by atoms with van der Waals surface area (Å²) in [5.74, 6) is -1.83. The Morgan fingerprint density at radius 1 is 1.36 bits per heavy atom. The van der Waals surface area contributed by atoms with Crippen molar-refractivity contribution in [2.75, 3.05) is 19.8 Å². The van der Waals surface area contributed by atoms with Crippen molar-refractivity contribution in [2.24, 2.45) is 16.8 Å². The highest BCUT2D eigenvalue weighted by molar-refractivity contribution is 6.09. The molecule has 3 N–H and O–H groups in total. The molecule has 2 fully saturated rings. The molecule has 3 rings (SSSR count). The summed E-state index contributed by atoms with van der Waals surface area (Å²) in [6.45, 7) is 2.79. The molecule has 1 aliphatic carbocycles. The molecule has 9 heteroatoms. The first-order chi connectivity index (χ1) is 11.9. The summed E-state index contributed by atoms with van der Waals surface area (Å²) in [6.07, 6.45) is 2.91. The second-order valence-electron chi connectivity index (χ2n) is 6.87. The fourth-order valence-electron chi connectivity index (χ4n) is 3.87. The van der Waals surface area contributed by atoms with E-state index in [1.54, 1.807) is 5.01 Å². The van der Waals surface area contributed by atoms with Crippen LogP contribution in [0.4, 0.5) is 0 Å². The van der Waals surface area contributed by atoms with Crippen LogP contribution in [0.1, 0.15) is 39.0 Å². The number of hydrogen-bond donors (Lipinski definition) is 2. The molecule has 136 valence electrons. The lowest BCUT2D eigenvalue weighted by molar-refractivity contribution is -0.194. The number of ether oxygens (including phenoxy) is 2. The minimum absolute atomic E-state index is 0.256. The first kappa shape index (κ1) is 17.6. The predicted molar refractivity (Wildman–Crippen MR) is 86.7 cm³/mol. The molecule has 0 aromatic heterocycles. The molecule has 0 bridgehead atoms. The number of nitriles is 1. The molecule has 2 heterocycles. The maximum absolute atomic E-state index is 11.7. The molecule has 2 amide bonds. The van der Waals surface area contributed by atoms with Gasteiger partial charge < -0.3 is 20.5 Å². The van der Waals surface area contributed by atoms with Crippen molar-refractivity contribution in [3.63, 3.8) is 0 Å². The Morgan fingerprint density at radius 2 is 2.00 bits per heavy atom. The summed E-state index contributed by atoms with van der Waals surface area (Å²) in [7, 11) is 0. The quantitative estimate of drug-likeness (QED) is 0.727. The molecule has 3 aliphatic rings. The Kier molecular flexibility index (Phi) is 4.67. The zero-order chi connectivity index (χ0) is 18.1. The molecular weight excluding hydrogens is 326 g/mol. The van der Waals surface area contributed by atoms with Gasteiger partial charge in [0.05, 0.1) is 37.8 Å².